The molecule has 9 heteroatoms. The number of methoxy groups -OCH3 is 1. The molecule has 1 saturated heterocycles. The Hall–Kier alpha value is -1.00. The van der Waals surface area contributed by atoms with Gasteiger partial charge in [0.15, 0.2) is 6.04 Å². The number of carbonyl (C=O) groups is 1. The van der Waals surface area contributed by atoms with Crippen LogP contribution in [-0.2, 0) is 19.6 Å². The number of thiophene rings is 1. The number of quaternary nitrogens is 1. The first kappa shape index (κ1) is 18.3. The second kappa shape index (κ2) is 8.20. The Morgan fingerprint density at radius 3 is 2.74 bits per heavy atom. The maximum atomic E-state index is 12.5. The van der Waals surface area contributed by atoms with E-state index in [4.69, 9.17) is 4.74 Å². The molecule has 0 spiro atoms. The lowest BCUT2D eigenvalue weighted by molar-refractivity contribution is -0.917. The van der Waals surface area contributed by atoms with E-state index < -0.39 is 10.0 Å². The van der Waals surface area contributed by atoms with Crippen molar-refractivity contribution in [2.75, 3.05) is 46.4 Å². The number of sulfonamides is 1. The predicted molar refractivity (Wildman–Crippen MR) is 88.1 cm³/mol. The van der Waals surface area contributed by atoms with Crippen LogP contribution in [0.3, 0.4) is 0 Å². The normalized spacial score (nSPS) is 18.7. The van der Waals surface area contributed by atoms with Crippen LogP contribution in [0, 0.1) is 0 Å². The van der Waals surface area contributed by atoms with Gasteiger partial charge < -0.3 is 15.0 Å². The Labute approximate surface area is 141 Å². The van der Waals surface area contributed by atoms with Gasteiger partial charge in [-0.25, -0.2) is 8.42 Å². The fraction of sp³-hybridized carbons (Fsp3) is 0.643. The number of ether oxygens (including phenoxy) is 1. The van der Waals surface area contributed by atoms with Crippen molar-refractivity contribution in [1.29, 1.82) is 0 Å². The minimum absolute atomic E-state index is 0.0217. The van der Waals surface area contributed by atoms with E-state index in [-0.39, 0.29) is 11.9 Å². The van der Waals surface area contributed by atoms with Crippen molar-refractivity contribution in [3.05, 3.63) is 17.5 Å². The van der Waals surface area contributed by atoms with Crippen LogP contribution in [-0.4, -0.2) is 71.1 Å². The second-order valence-electron chi connectivity index (χ2n) is 5.50. The third kappa shape index (κ3) is 4.51. The quantitative estimate of drug-likeness (QED) is 0.597. The van der Waals surface area contributed by atoms with Crippen LogP contribution < -0.4 is 10.2 Å². The first-order chi connectivity index (χ1) is 11.0. The van der Waals surface area contributed by atoms with Crippen molar-refractivity contribution in [1.82, 2.24) is 9.62 Å². The van der Waals surface area contributed by atoms with Gasteiger partial charge in [0.05, 0.1) is 32.8 Å². The van der Waals surface area contributed by atoms with Crippen molar-refractivity contribution in [3.8, 4) is 0 Å². The van der Waals surface area contributed by atoms with Crippen molar-refractivity contribution in [3.63, 3.8) is 0 Å². The number of hydrogen-bond acceptors (Lipinski definition) is 5. The van der Waals surface area contributed by atoms with Crippen molar-refractivity contribution < 1.29 is 22.8 Å². The number of piperazine rings is 1. The van der Waals surface area contributed by atoms with Crippen LogP contribution in [0.4, 0.5) is 0 Å². The summed E-state index contributed by atoms with van der Waals surface area (Å²) in [5.41, 5.74) is 0. The van der Waals surface area contributed by atoms with Gasteiger partial charge in [-0.05, 0) is 18.4 Å². The zero-order chi connectivity index (χ0) is 16.9. The lowest BCUT2D eigenvalue weighted by atomic mass is 10.2. The fourth-order valence-corrected chi connectivity index (χ4v) is 5.19. The van der Waals surface area contributed by atoms with Gasteiger partial charge in [0.2, 0.25) is 0 Å². The van der Waals surface area contributed by atoms with E-state index in [9.17, 15) is 13.2 Å². The Morgan fingerprint density at radius 2 is 2.17 bits per heavy atom. The van der Waals surface area contributed by atoms with Crippen molar-refractivity contribution >= 4 is 27.3 Å². The molecule has 0 aliphatic carbocycles. The zero-order valence-electron chi connectivity index (χ0n) is 13.4. The van der Waals surface area contributed by atoms with Crippen LogP contribution in [0.15, 0.2) is 21.7 Å². The highest BCUT2D eigenvalue weighted by Gasteiger charge is 2.34. The lowest BCUT2D eigenvalue weighted by Crippen LogP contribution is -3.19. The molecule has 2 rings (SSSR count). The SMILES string of the molecule is COCCNC(=O)[C@@H](C)[NH+]1CCN(S(=O)(=O)c2cccs2)CC1. The van der Waals surface area contributed by atoms with Gasteiger partial charge in [-0.2, -0.15) is 4.31 Å². The minimum Gasteiger partial charge on any atom is -0.383 e. The Morgan fingerprint density at radius 1 is 1.48 bits per heavy atom. The predicted octanol–water partition coefficient (Wildman–Crippen LogP) is -1.21. The molecule has 0 radical (unpaired) electrons. The van der Waals surface area contributed by atoms with E-state index in [1.54, 1.807) is 24.6 Å². The number of nitrogens with zero attached hydrogens (tertiary/aromatic N) is 1. The van der Waals surface area contributed by atoms with Gasteiger partial charge >= 0.3 is 0 Å². The van der Waals surface area contributed by atoms with Crippen molar-refractivity contribution in [2.24, 2.45) is 0 Å². The highest BCUT2D eigenvalue weighted by atomic mass is 32.2. The number of carbonyl (C=O) groups excluding carboxylic acids is 1. The Bertz CT molecular complexity index is 596. The molecule has 2 N–H and O–H groups in total. The molecule has 1 aliphatic rings. The van der Waals surface area contributed by atoms with Gasteiger partial charge in [0.1, 0.15) is 4.21 Å². The molecule has 0 saturated carbocycles. The number of hydrogen-bond donors (Lipinski definition) is 2. The molecule has 0 unspecified atom stereocenters. The third-order valence-electron chi connectivity index (χ3n) is 4.06. The molecule has 1 aromatic heterocycles. The van der Waals surface area contributed by atoms with Gasteiger partial charge in [-0.15, -0.1) is 11.3 Å². The summed E-state index contributed by atoms with van der Waals surface area (Å²) in [5, 5.41) is 4.59. The molecular weight excluding hydrogens is 338 g/mol. The van der Waals surface area contributed by atoms with Gasteiger partial charge in [0.25, 0.3) is 15.9 Å². The third-order valence-corrected chi connectivity index (χ3v) is 7.34. The van der Waals surface area contributed by atoms with E-state index in [1.165, 1.54) is 15.6 Å². The van der Waals surface area contributed by atoms with Gasteiger partial charge in [-0.3, -0.25) is 4.79 Å². The smallest absolute Gasteiger partial charge is 0.278 e. The molecule has 0 aromatic carbocycles. The van der Waals surface area contributed by atoms with Crippen LogP contribution in [0.1, 0.15) is 6.92 Å². The molecule has 1 atom stereocenters. The molecule has 2 heterocycles. The summed E-state index contributed by atoms with van der Waals surface area (Å²) in [7, 11) is -1.79. The monoisotopic (exact) mass is 362 g/mol. The average Bonchev–Trinajstić information content (AvgIpc) is 3.09. The van der Waals surface area contributed by atoms with E-state index in [0.717, 1.165) is 4.90 Å². The minimum atomic E-state index is -3.38. The standard InChI is InChI=1S/C14H23N3O4S2/c1-12(14(18)15-5-10-21-2)16-6-8-17(9-7-16)23(19,20)13-4-3-11-22-13/h3-4,11-12H,5-10H2,1-2H3,(H,15,18)/p+1/t12-/m1/s1. The second-order valence-corrected chi connectivity index (χ2v) is 8.61. The largest absolute Gasteiger partial charge is 0.383 e. The number of rotatable bonds is 7. The fourth-order valence-electron chi connectivity index (χ4n) is 2.60. The molecule has 7 nitrogen and oxygen atoms in total. The highest BCUT2D eigenvalue weighted by Crippen LogP contribution is 2.20. The molecule has 1 amide bonds. The van der Waals surface area contributed by atoms with Crippen LogP contribution in [0.25, 0.3) is 0 Å². The summed E-state index contributed by atoms with van der Waals surface area (Å²) in [5.74, 6) is -0.0217. The molecule has 130 valence electrons. The van der Waals surface area contributed by atoms with E-state index >= 15 is 0 Å². The van der Waals surface area contributed by atoms with E-state index in [0.29, 0.717) is 43.5 Å². The maximum absolute atomic E-state index is 12.5. The van der Waals surface area contributed by atoms with Crippen molar-refractivity contribution in [2.45, 2.75) is 17.2 Å². The topological polar surface area (TPSA) is 80.2 Å². The van der Waals surface area contributed by atoms with Crippen LogP contribution in [0.5, 0.6) is 0 Å². The Kier molecular flexibility index (Phi) is 6.54. The van der Waals surface area contributed by atoms with Gasteiger partial charge in [0, 0.05) is 13.7 Å². The molecule has 1 aromatic rings. The summed E-state index contributed by atoms with van der Waals surface area (Å²) in [6.07, 6.45) is 0. The molecule has 1 aliphatic heterocycles. The molecule has 0 bridgehead atoms. The summed E-state index contributed by atoms with van der Waals surface area (Å²) in [4.78, 5) is 13.2. The summed E-state index contributed by atoms with van der Waals surface area (Å²) < 4.78 is 31.7. The van der Waals surface area contributed by atoms with E-state index in [1.807, 2.05) is 6.92 Å². The molecular formula is C14H24N3O4S2+. The molecule has 23 heavy (non-hydrogen) atoms. The average molecular weight is 362 g/mol. The Balaban J connectivity index is 1.87. The first-order valence-corrected chi connectivity index (χ1v) is 9.93. The number of amides is 1. The number of nitrogens with one attached hydrogen (secondary N) is 2. The lowest BCUT2D eigenvalue weighted by Gasteiger charge is -2.33. The van der Waals surface area contributed by atoms with Gasteiger partial charge in [-0.1, -0.05) is 6.07 Å². The van der Waals surface area contributed by atoms with E-state index in [2.05, 4.69) is 5.32 Å². The molecule has 1 fully saturated rings. The summed E-state index contributed by atoms with van der Waals surface area (Å²) in [6.45, 7) is 4.98. The van der Waals surface area contributed by atoms with Crippen LogP contribution >= 0.6 is 11.3 Å². The summed E-state index contributed by atoms with van der Waals surface area (Å²) >= 11 is 1.23. The maximum Gasteiger partial charge on any atom is 0.278 e. The first-order valence-electron chi connectivity index (χ1n) is 7.61. The summed E-state index contributed by atoms with van der Waals surface area (Å²) in [6, 6.07) is 3.18. The zero-order valence-corrected chi connectivity index (χ0v) is 15.1. The highest BCUT2D eigenvalue weighted by molar-refractivity contribution is 7.91. The van der Waals surface area contributed by atoms with Crippen LogP contribution in [0.2, 0.25) is 0 Å².